The summed E-state index contributed by atoms with van der Waals surface area (Å²) in [6.45, 7) is 2.27. The molecule has 2 fully saturated rings. The van der Waals surface area contributed by atoms with Crippen LogP contribution in [0.5, 0.6) is 0 Å². The third-order valence-electron chi connectivity index (χ3n) is 3.15. The molecule has 1 heterocycles. The van der Waals surface area contributed by atoms with E-state index >= 15 is 0 Å². The minimum atomic E-state index is -0.128. The van der Waals surface area contributed by atoms with Gasteiger partial charge in [0.1, 0.15) is 0 Å². The molecule has 2 rings (SSSR count). The molecule has 0 aromatic heterocycles. The Morgan fingerprint density at radius 2 is 1.94 bits per heavy atom. The molecule has 0 aromatic carbocycles. The van der Waals surface area contributed by atoms with E-state index in [-0.39, 0.29) is 18.5 Å². The summed E-state index contributed by atoms with van der Waals surface area (Å²) >= 11 is 0. The van der Waals surface area contributed by atoms with E-state index in [1.54, 1.807) is 0 Å². The molecule has 1 aliphatic heterocycles. The lowest BCUT2D eigenvalue weighted by Crippen LogP contribution is -2.35. The smallest absolute Gasteiger partial charge is 0.157 e. The molecule has 0 spiro atoms. The van der Waals surface area contributed by atoms with E-state index in [1.165, 1.54) is 6.42 Å². The lowest BCUT2D eigenvalue weighted by molar-refractivity contribution is -0.165. The Hall–Kier alpha value is -0.160. The van der Waals surface area contributed by atoms with Crippen LogP contribution in [0.25, 0.3) is 0 Å². The van der Waals surface area contributed by atoms with Crippen molar-refractivity contribution in [3.8, 4) is 0 Å². The lowest BCUT2D eigenvalue weighted by Gasteiger charge is -2.31. The minimum Gasteiger partial charge on any atom is -0.393 e. The van der Waals surface area contributed by atoms with Crippen LogP contribution in [0, 0.1) is 0 Å². The summed E-state index contributed by atoms with van der Waals surface area (Å²) in [5.41, 5.74) is 0. The molecule has 1 atom stereocenters. The van der Waals surface area contributed by atoms with E-state index in [2.05, 4.69) is 0 Å². The summed E-state index contributed by atoms with van der Waals surface area (Å²) < 4.78 is 16.6. The zero-order valence-corrected chi connectivity index (χ0v) is 9.77. The Labute approximate surface area is 96.9 Å². The highest BCUT2D eigenvalue weighted by Gasteiger charge is 2.27. The molecule has 0 bridgehead atoms. The fourth-order valence-corrected chi connectivity index (χ4v) is 2.04. The van der Waals surface area contributed by atoms with E-state index in [0.29, 0.717) is 6.61 Å². The van der Waals surface area contributed by atoms with E-state index < -0.39 is 0 Å². The molecule has 16 heavy (non-hydrogen) atoms. The molecule has 0 radical (unpaired) electrons. The summed E-state index contributed by atoms with van der Waals surface area (Å²) in [6.07, 6.45) is 6.06. The van der Waals surface area contributed by atoms with Crippen molar-refractivity contribution in [1.82, 2.24) is 0 Å². The summed E-state index contributed by atoms with van der Waals surface area (Å²) in [4.78, 5) is 0. The molecule has 1 N–H and O–H groups in total. The van der Waals surface area contributed by atoms with Gasteiger partial charge in [-0.25, -0.2) is 0 Å². The highest BCUT2D eigenvalue weighted by atomic mass is 16.7. The van der Waals surface area contributed by atoms with Crippen LogP contribution in [0.15, 0.2) is 0 Å². The first-order valence-electron chi connectivity index (χ1n) is 6.37. The van der Waals surface area contributed by atoms with Crippen LogP contribution in [0.4, 0.5) is 0 Å². The molecule has 0 amide bonds. The van der Waals surface area contributed by atoms with Gasteiger partial charge in [-0.3, -0.25) is 0 Å². The zero-order valence-electron chi connectivity index (χ0n) is 9.77. The molecule has 4 nitrogen and oxygen atoms in total. The molecule has 4 heteroatoms. The van der Waals surface area contributed by atoms with Crippen molar-refractivity contribution in [1.29, 1.82) is 0 Å². The lowest BCUT2D eigenvalue weighted by atomic mass is 9.92. The monoisotopic (exact) mass is 230 g/mol. The number of hydrogen-bond acceptors (Lipinski definition) is 4. The molecule has 0 aromatic rings. The van der Waals surface area contributed by atoms with E-state index in [0.717, 1.165) is 45.3 Å². The van der Waals surface area contributed by atoms with Crippen LogP contribution in [0.2, 0.25) is 0 Å². The van der Waals surface area contributed by atoms with Crippen LogP contribution < -0.4 is 0 Å². The predicted molar refractivity (Wildman–Crippen MR) is 59.1 cm³/mol. The van der Waals surface area contributed by atoms with Crippen molar-refractivity contribution in [2.75, 3.05) is 19.8 Å². The van der Waals surface area contributed by atoms with E-state index in [4.69, 9.17) is 19.3 Å². The van der Waals surface area contributed by atoms with Crippen LogP contribution >= 0.6 is 0 Å². The van der Waals surface area contributed by atoms with Crippen LogP contribution in [-0.4, -0.2) is 43.4 Å². The summed E-state index contributed by atoms with van der Waals surface area (Å²) in [5, 5.41) is 9.07. The maximum atomic E-state index is 9.07. The fraction of sp³-hybridized carbons (Fsp3) is 1.00. The molecule has 1 unspecified atom stereocenters. The highest BCUT2D eigenvalue weighted by molar-refractivity contribution is 4.78. The van der Waals surface area contributed by atoms with E-state index in [9.17, 15) is 0 Å². The SMILES string of the molecule is OC1CC(OCCCOC2CCCCO2)C1. The molecule has 2 aliphatic rings. The third-order valence-corrected chi connectivity index (χ3v) is 3.15. The van der Waals surface area contributed by atoms with Gasteiger partial charge in [0.25, 0.3) is 0 Å². The van der Waals surface area contributed by atoms with Gasteiger partial charge in [-0.2, -0.15) is 0 Å². The second-order valence-corrected chi connectivity index (χ2v) is 4.64. The van der Waals surface area contributed by atoms with Gasteiger partial charge in [0.15, 0.2) is 6.29 Å². The van der Waals surface area contributed by atoms with Gasteiger partial charge in [-0.15, -0.1) is 0 Å². The topological polar surface area (TPSA) is 47.9 Å². The molecule has 94 valence electrons. The van der Waals surface area contributed by atoms with Gasteiger partial charge in [0.2, 0.25) is 0 Å². The van der Waals surface area contributed by atoms with Crippen LogP contribution in [-0.2, 0) is 14.2 Å². The Morgan fingerprint density at radius 3 is 2.62 bits per heavy atom. The summed E-state index contributed by atoms with van der Waals surface area (Å²) in [7, 11) is 0. The van der Waals surface area contributed by atoms with Gasteiger partial charge in [-0.1, -0.05) is 0 Å². The van der Waals surface area contributed by atoms with Crippen molar-refractivity contribution in [3.63, 3.8) is 0 Å². The number of rotatable bonds is 6. The number of aliphatic hydroxyl groups excluding tert-OH is 1. The average Bonchev–Trinajstić information content (AvgIpc) is 2.27. The number of hydrogen-bond donors (Lipinski definition) is 1. The van der Waals surface area contributed by atoms with Gasteiger partial charge >= 0.3 is 0 Å². The van der Waals surface area contributed by atoms with Crippen molar-refractivity contribution >= 4 is 0 Å². The maximum absolute atomic E-state index is 9.07. The van der Waals surface area contributed by atoms with Crippen molar-refractivity contribution in [2.45, 2.75) is 57.0 Å². The standard InChI is InChI=1S/C12H22O4/c13-10-8-11(9-10)14-6-3-7-16-12-4-1-2-5-15-12/h10-13H,1-9H2. The largest absolute Gasteiger partial charge is 0.393 e. The molecule has 1 saturated carbocycles. The Kier molecular flexibility index (Phi) is 5.03. The van der Waals surface area contributed by atoms with Crippen molar-refractivity contribution in [3.05, 3.63) is 0 Å². The maximum Gasteiger partial charge on any atom is 0.157 e. The van der Waals surface area contributed by atoms with Gasteiger partial charge in [0, 0.05) is 13.2 Å². The predicted octanol–water partition coefficient (Wildman–Crippen LogP) is 1.46. The summed E-state index contributed by atoms with van der Waals surface area (Å²) in [5.74, 6) is 0. The Morgan fingerprint density at radius 1 is 1.12 bits per heavy atom. The summed E-state index contributed by atoms with van der Waals surface area (Å²) in [6, 6.07) is 0. The van der Waals surface area contributed by atoms with Crippen molar-refractivity contribution < 1.29 is 19.3 Å². The molecular formula is C12H22O4. The number of ether oxygens (including phenoxy) is 3. The van der Waals surface area contributed by atoms with Gasteiger partial charge in [0.05, 0.1) is 18.8 Å². The second kappa shape index (κ2) is 6.55. The highest BCUT2D eigenvalue weighted by Crippen LogP contribution is 2.22. The fourth-order valence-electron chi connectivity index (χ4n) is 2.04. The van der Waals surface area contributed by atoms with Gasteiger partial charge in [-0.05, 0) is 38.5 Å². The third kappa shape index (κ3) is 4.01. The average molecular weight is 230 g/mol. The normalized spacial score (nSPS) is 34.7. The van der Waals surface area contributed by atoms with Crippen molar-refractivity contribution in [2.24, 2.45) is 0 Å². The van der Waals surface area contributed by atoms with E-state index in [1.807, 2.05) is 0 Å². The molecular weight excluding hydrogens is 208 g/mol. The molecule has 1 aliphatic carbocycles. The van der Waals surface area contributed by atoms with Crippen LogP contribution in [0.1, 0.15) is 38.5 Å². The zero-order chi connectivity index (χ0) is 11.2. The second-order valence-electron chi connectivity index (χ2n) is 4.64. The van der Waals surface area contributed by atoms with Gasteiger partial charge < -0.3 is 19.3 Å². The first-order chi connectivity index (χ1) is 7.84. The first-order valence-corrected chi connectivity index (χ1v) is 6.37. The quantitative estimate of drug-likeness (QED) is 0.702. The van der Waals surface area contributed by atoms with Crippen LogP contribution in [0.3, 0.4) is 0 Å². The Balaban J connectivity index is 1.40. The first kappa shape index (κ1) is 12.3. The minimum absolute atomic E-state index is 0.0132. The Bertz CT molecular complexity index is 185. The molecule has 1 saturated heterocycles. The number of aliphatic hydroxyl groups is 1.